The highest BCUT2D eigenvalue weighted by atomic mass is 32.2. The summed E-state index contributed by atoms with van der Waals surface area (Å²) >= 11 is 0. The van der Waals surface area contributed by atoms with Crippen molar-refractivity contribution < 1.29 is 13.5 Å². The molecule has 0 saturated heterocycles. The van der Waals surface area contributed by atoms with Gasteiger partial charge < -0.3 is 5.11 Å². The fourth-order valence-electron chi connectivity index (χ4n) is 1.17. The first-order valence-electron chi connectivity index (χ1n) is 4.14. The molecule has 0 bridgehead atoms. The van der Waals surface area contributed by atoms with Gasteiger partial charge in [-0.15, -0.1) is 0 Å². The van der Waals surface area contributed by atoms with E-state index in [0.717, 1.165) is 6.26 Å². The Kier molecular flexibility index (Phi) is 3.90. The van der Waals surface area contributed by atoms with Crippen LogP contribution in [0.3, 0.4) is 0 Å². The molecule has 0 aromatic heterocycles. The Morgan fingerprint density at radius 1 is 1.38 bits per heavy atom. The Hall–Kier alpha value is -0.130. The van der Waals surface area contributed by atoms with Gasteiger partial charge in [0.05, 0.1) is 18.9 Å². The Balaban J connectivity index is 4.82. The van der Waals surface area contributed by atoms with Crippen LogP contribution in [-0.2, 0) is 10.0 Å². The molecule has 0 aromatic rings. The van der Waals surface area contributed by atoms with Crippen LogP contribution in [0.2, 0.25) is 0 Å². The number of nitrogens with zero attached hydrogens (tertiary/aromatic N) is 1. The number of likely N-dealkylation sites (N-methyl/N-ethyl adjacent to an activating group) is 1. The molecule has 0 rings (SSSR count). The lowest BCUT2D eigenvalue weighted by Gasteiger charge is -2.35. The van der Waals surface area contributed by atoms with E-state index in [2.05, 4.69) is 0 Å². The van der Waals surface area contributed by atoms with Crippen molar-refractivity contribution in [3.63, 3.8) is 0 Å². The summed E-state index contributed by atoms with van der Waals surface area (Å²) in [4.78, 5) is 0. The molecule has 0 saturated carbocycles. The number of hydrogen-bond donors (Lipinski definition) is 1. The third-order valence-corrected chi connectivity index (χ3v) is 3.44. The lowest BCUT2D eigenvalue weighted by atomic mass is 9.87. The van der Waals surface area contributed by atoms with Gasteiger partial charge in [-0.2, -0.15) is 4.31 Å². The largest absolute Gasteiger partial charge is 0.395 e. The summed E-state index contributed by atoms with van der Waals surface area (Å²) in [5, 5.41) is 9.09. The average Bonchev–Trinajstić information content (AvgIpc) is 1.83. The summed E-state index contributed by atoms with van der Waals surface area (Å²) < 4.78 is 23.6. The molecule has 1 atom stereocenters. The van der Waals surface area contributed by atoms with Crippen LogP contribution in [0.1, 0.15) is 20.8 Å². The molecule has 0 aliphatic rings. The summed E-state index contributed by atoms with van der Waals surface area (Å²) in [6.07, 6.45) is 1.14. The van der Waals surface area contributed by atoms with Crippen LogP contribution in [0.15, 0.2) is 0 Å². The van der Waals surface area contributed by atoms with Crippen molar-refractivity contribution in [1.82, 2.24) is 4.31 Å². The van der Waals surface area contributed by atoms with Crippen LogP contribution in [0.4, 0.5) is 0 Å². The van der Waals surface area contributed by atoms with E-state index in [1.807, 2.05) is 20.8 Å². The van der Waals surface area contributed by atoms with E-state index in [1.165, 1.54) is 11.4 Å². The van der Waals surface area contributed by atoms with Gasteiger partial charge in [-0.3, -0.25) is 0 Å². The first-order chi connectivity index (χ1) is 5.60. The van der Waals surface area contributed by atoms with Crippen LogP contribution < -0.4 is 0 Å². The Bertz CT molecular complexity index is 253. The van der Waals surface area contributed by atoms with Gasteiger partial charge >= 0.3 is 0 Å². The van der Waals surface area contributed by atoms with E-state index >= 15 is 0 Å². The van der Waals surface area contributed by atoms with Crippen LogP contribution in [0, 0.1) is 5.41 Å². The van der Waals surface area contributed by atoms with Gasteiger partial charge in [0.2, 0.25) is 10.0 Å². The van der Waals surface area contributed by atoms with E-state index in [4.69, 9.17) is 5.11 Å². The van der Waals surface area contributed by atoms with Gasteiger partial charge in [0.25, 0.3) is 0 Å². The molecular weight excluding hydrogens is 190 g/mol. The number of aliphatic hydroxyl groups excluding tert-OH is 1. The molecule has 0 unspecified atom stereocenters. The average molecular weight is 209 g/mol. The van der Waals surface area contributed by atoms with E-state index < -0.39 is 10.0 Å². The number of rotatable bonds is 3. The van der Waals surface area contributed by atoms with Crippen molar-refractivity contribution in [3.8, 4) is 0 Å². The van der Waals surface area contributed by atoms with Crippen LogP contribution in [-0.4, -0.2) is 43.8 Å². The highest BCUT2D eigenvalue weighted by molar-refractivity contribution is 7.88. The quantitative estimate of drug-likeness (QED) is 0.726. The van der Waals surface area contributed by atoms with Gasteiger partial charge in [-0.1, -0.05) is 20.8 Å². The zero-order valence-electron chi connectivity index (χ0n) is 8.90. The lowest BCUT2D eigenvalue weighted by Crippen LogP contribution is -2.46. The maximum atomic E-state index is 11.2. The van der Waals surface area contributed by atoms with Gasteiger partial charge in [-0.05, 0) is 5.41 Å². The standard InChI is InChI=1S/C8H19NO3S/c1-8(2,3)7(6-10)9(4)13(5,11)12/h7,10H,6H2,1-5H3/t7-/m1/s1. The fraction of sp³-hybridized carbons (Fsp3) is 1.00. The number of aliphatic hydroxyl groups is 1. The minimum absolute atomic E-state index is 0.160. The molecule has 0 amide bonds. The summed E-state index contributed by atoms with van der Waals surface area (Å²) in [6.45, 7) is 5.54. The molecule has 4 nitrogen and oxygen atoms in total. The summed E-state index contributed by atoms with van der Waals surface area (Å²) in [5.74, 6) is 0. The SMILES string of the molecule is CN([C@H](CO)C(C)(C)C)S(C)(=O)=O. The topological polar surface area (TPSA) is 57.6 Å². The van der Waals surface area contributed by atoms with Gasteiger partial charge in [-0.25, -0.2) is 8.42 Å². The predicted molar refractivity (Wildman–Crippen MR) is 52.9 cm³/mol. The molecule has 0 fully saturated rings. The highest BCUT2D eigenvalue weighted by Crippen LogP contribution is 2.24. The second-order valence-electron chi connectivity index (χ2n) is 4.34. The Labute approximate surface area is 80.6 Å². The molecule has 80 valence electrons. The minimum Gasteiger partial charge on any atom is -0.395 e. The zero-order chi connectivity index (χ0) is 10.9. The maximum absolute atomic E-state index is 11.2. The maximum Gasteiger partial charge on any atom is 0.211 e. The summed E-state index contributed by atoms with van der Waals surface area (Å²) in [6, 6.07) is -0.373. The summed E-state index contributed by atoms with van der Waals surface area (Å²) in [5.41, 5.74) is -0.257. The van der Waals surface area contributed by atoms with Crippen molar-refractivity contribution in [3.05, 3.63) is 0 Å². The molecule has 1 N–H and O–H groups in total. The second-order valence-corrected chi connectivity index (χ2v) is 6.39. The first kappa shape index (κ1) is 12.9. The lowest BCUT2D eigenvalue weighted by molar-refractivity contribution is 0.115. The van der Waals surface area contributed by atoms with Crippen molar-refractivity contribution in [1.29, 1.82) is 0 Å². The van der Waals surface area contributed by atoms with Crippen molar-refractivity contribution in [2.45, 2.75) is 26.8 Å². The van der Waals surface area contributed by atoms with Crippen molar-refractivity contribution in [2.24, 2.45) is 5.41 Å². The molecule has 0 aliphatic heterocycles. The van der Waals surface area contributed by atoms with Crippen LogP contribution >= 0.6 is 0 Å². The molecule has 0 aromatic carbocycles. The third kappa shape index (κ3) is 3.62. The molecule has 0 aliphatic carbocycles. The van der Waals surface area contributed by atoms with E-state index in [9.17, 15) is 8.42 Å². The van der Waals surface area contributed by atoms with E-state index in [-0.39, 0.29) is 18.1 Å². The van der Waals surface area contributed by atoms with Crippen LogP contribution in [0.5, 0.6) is 0 Å². The molecule has 0 radical (unpaired) electrons. The monoisotopic (exact) mass is 209 g/mol. The van der Waals surface area contributed by atoms with E-state index in [0.29, 0.717) is 0 Å². The molecule has 13 heavy (non-hydrogen) atoms. The van der Waals surface area contributed by atoms with Crippen molar-refractivity contribution >= 4 is 10.0 Å². The zero-order valence-corrected chi connectivity index (χ0v) is 9.72. The Morgan fingerprint density at radius 2 is 1.77 bits per heavy atom. The molecule has 0 spiro atoms. The minimum atomic E-state index is -3.22. The normalized spacial score (nSPS) is 16.2. The smallest absolute Gasteiger partial charge is 0.211 e. The molecule has 0 heterocycles. The van der Waals surface area contributed by atoms with Gasteiger partial charge in [0.15, 0.2) is 0 Å². The Morgan fingerprint density at radius 3 is 1.85 bits per heavy atom. The fourth-order valence-corrected chi connectivity index (χ4v) is 2.01. The van der Waals surface area contributed by atoms with Gasteiger partial charge in [0.1, 0.15) is 0 Å². The molecule has 5 heteroatoms. The first-order valence-corrected chi connectivity index (χ1v) is 5.99. The second kappa shape index (κ2) is 3.94. The third-order valence-electron chi connectivity index (χ3n) is 2.13. The molecular formula is C8H19NO3S. The summed E-state index contributed by atoms with van der Waals surface area (Å²) in [7, 11) is -1.74. The highest BCUT2D eigenvalue weighted by Gasteiger charge is 2.32. The van der Waals surface area contributed by atoms with Crippen molar-refractivity contribution in [2.75, 3.05) is 19.9 Å². The van der Waals surface area contributed by atoms with E-state index in [1.54, 1.807) is 0 Å². The predicted octanol–water partition coefficient (Wildman–Crippen LogP) is 0.285. The van der Waals surface area contributed by atoms with Crippen LogP contribution in [0.25, 0.3) is 0 Å². The van der Waals surface area contributed by atoms with Gasteiger partial charge in [0, 0.05) is 7.05 Å². The number of sulfonamides is 1. The number of hydrogen-bond acceptors (Lipinski definition) is 3.